The lowest BCUT2D eigenvalue weighted by molar-refractivity contribution is -0.0429. The molecule has 1 aromatic rings. The van der Waals surface area contributed by atoms with Gasteiger partial charge in [-0.15, -0.1) is 0 Å². The Morgan fingerprint density at radius 1 is 1.46 bits per heavy atom. The molecule has 2 aliphatic rings. The Labute approximate surface area is 143 Å². The quantitative estimate of drug-likeness (QED) is 0.774. The van der Waals surface area contributed by atoms with Crippen LogP contribution in [0.3, 0.4) is 0 Å². The number of hydrogen-bond acceptors (Lipinski definition) is 5. The zero-order chi connectivity index (χ0) is 17.2. The summed E-state index contributed by atoms with van der Waals surface area (Å²) in [5.74, 6) is -0.321. The van der Waals surface area contributed by atoms with Crippen LogP contribution in [-0.4, -0.2) is 42.7 Å². The topological polar surface area (TPSA) is 62.6 Å². The van der Waals surface area contributed by atoms with Crippen molar-refractivity contribution in [3.8, 4) is 0 Å². The second kappa shape index (κ2) is 7.23. The average molecular weight is 336 g/mol. The molecule has 0 radical (unpaired) electrons. The van der Waals surface area contributed by atoms with Gasteiger partial charge in [0, 0.05) is 25.0 Å². The maximum Gasteiger partial charge on any atom is 0.359 e. The molecule has 2 heterocycles. The lowest BCUT2D eigenvalue weighted by Crippen LogP contribution is -2.32. The van der Waals surface area contributed by atoms with Gasteiger partial charge in [0.25, 0.3) is 0 Å². The number of methoxy groups -OCH3 is 1. The van der Waals surface area contributed by atoms with Crippen LogP contribution in [-0.2, 0) is 27.1 Å². The number of carbonyl (C=O) groups is 1. The van der Waals surface area contributed by atoms with Gasteiger partial charge in [0.2, 0.25) is 0 Å². The number of fused-ring (bicyclic) bond motifs is 1. The van der Waals surface area contributed by atoms with E-state index < -0.39 is 0 Å². The smallest absolute Gasteiger partial charge is 0.359 e. The minimum Gasteiger partial charge on any atom is -0.461 e. The van der Waals surface area contributed by atoms with Gasteiger partial charge in [-0.25, -0.2) is 9.48 Å². The highest BCUT2D eigenvalue weighted by Crippen LogP contribution is 2.39. The summed E-state index contributed by atoms with van der Waals surface area (Å²) in [6.07, 6.45) is 5.75. The molecule has 6 nitrogen and oxygen atoms in total. The van der Waals surface area contributed by atoms with Crippen LogP contribution < -0.4 is 0 Å². The summed E-state index contributed by atoms with van der Waals surface area (Å²) in [4.78, 5) is 12.3. The van der Waals surface area contributed by atoms with Crippen LogP contribution in [0.15, 0.2) is 0 Å². The van der Waals surface area contributed by atoms with Gasteiger partial charge in [0.1, 0.15) is 6.23 Å². The van der Waals surface area contributed by atoms with E-state index in [0.717, 1.165) is 56.4 Å². The summed E-state index contributed by atoms with van der Waals surface area (Å²) < 4.78 is 18.5. The summed E-state index contributed by atoms with van der Waals surface area (Å²) >= 11 is 0. The molecule has 24 heavy (non-hydrogen) atoms. The molecule has 0 bridgehead atoms. The molecule has 0 aromatic carbocycles. The van der Waals surface area contributed by atoms with Gasteiger partial charge in [-0.3, -0.25) is 0 Å². The fourth-order valence-corrected chi connectivity index (χ4v) is 3.86. The van der Waals surface area contributed by atoms with E-state index >= 15 is 0 Å². The van der Waals surface area contributed by atoms with Gasteiger partial charge in [0.05, 0.1) is 13.2 Å². The summed E-state index contributed by atoms with van der Waals surface area (Å²) in [7, 11) is 1.74. The van der Waals surface area contributed by atoms with Crippen molar-refractivity contribution in [3.63, 3.8) is 0 Å². The SMILES string of the molecule is CCOC(=O)c1nn(C2CCCCO2)c2c1CCC(C)(COC)C2. The van der Waals surface area contributed by atoms with Crippen LogP contribution in [0.5, 0.6) is 0 Å². The standard InChI is InChI=1S/C18H28N2O4/c1-4-23-17(21)16-13-8-9-18(2,12-22-3)11-14(13)20(19-16)15-7-5-6-10-24-15/h15H,4-12H2,1-3H3. The molecule has 1 fully saturated rings. The van der Waals surface area contributed by atoms with Crippen molar-refractivity contribution in [2.24, 2.45) is 5.41 Å². The Kier molecular flexibility index (Phi) is 5.25. The summed E-state index contributed by atoms with van der Waals surface area (Å²) in [5, 5.41) is 4.64. The molecule has 134 valence electrons. The van der Waals surface area contributed by atoms with Crippen molar-refractivity contribution in [2.75, 3.05) is 26.9 Å². The highest BCUT2D eigenvalue weighted by atomic mass is 16.5. The predicted octanol–water partition coefficient (Wildman–Crippen LogP) is 2.90. The normalized spacial score (nSPS) is 26.9. The third-order valence-electron chi connectivity index (χ3n) is 5.08. The van der Waals surface area contributed by atoms with E-state index in [-0.39, 0.29) is 17.6 Å². The first-order valence-corrected chi connectivity index (χ1v) is 8.96. The lowest BCUT2D eigenvalue weighted by Gasteiger charge is -2.34. The molecule has 2 atom stereocenters. The monoisotopic (exact) mass is 336 g/mol. The van der Waals surface area contributed by atoms with E-state index in [1.54, 1.807) is 7.11 Å². The number of carbonyl (C=O) groups excluding carboxylic acids is 1. The van der Waals surface area contributed by atoms with Gasteiger partial charge in [-0.05, 0) is 50.9 Å². The van der Waals surface area contributed by atoms with Gasteiger partial charge < -0.3 is 14.2 Å². The first-order valence-electron chi connectivity index (χ1n) is 8.96. The molecule has 3 rings (SSSR count). The second-order valence-electron chi connectivity index (χ2n) is 7.18. The second-order valence-corrected chi connectivity index (χ2v) is 7.18. The fourth-order valence-electron chi connectivity index (χ4n) is 3.86. The van der Waals surface area contributed by atoms with E-state index in [2.05, 4.69) is 12.0 Å². The van der Waals surface area contributed by atoms with E-state index in [1.807, 2.05) is 11.6 Å². The first kappa shape index (κ1) is 17.4. The molecular weight excluding hydrogens is 308 g/mol. The third-order valence-corrected chi connectivity index (χ3v) is 5.08. The Bertz CT molecular complexity index is 592. The maximum absolute atomic E-state index is 12.3. The highest BCUT2D eigenvalue weighted by Gasteiger charge is 2.37. The minimum atomic E-state index is -0.321. The lowest BCUT2D eigenvalue weighted by atomic mass is 9.75. The first-order chi connectivity index (χ1) is 11.6. The van der Waals surface area contributed by atoms with Gasteiger partial charge >= 0.3 is 5.97 Å². The van der Waals surface area contributed by atoms with Crippen molar-refractivity contribution >= 4 is 5.97 Å². The molecule has 2 unspecified atom stereocenters. The van der Waals surface area contributed by atoms with Gasteiger partial charge in [-0.2, -0.15) is 5.10 Å². The fraction of sp³-hybridized carbons (Fsp3) is 0.778. The van der Waals surface area contributed by atoms with Crippen molar-refractivity contribution in [1.82, 2.24) is 9.78 Å². The van der Waals surface area contributed by atoms with Crippen molar-refractivity contribution in [2.45, 2.75) is 58.6 Å². The van der Waals surface area contributed by atoms with Crippen molar-refractivity contribution in [3.05, 3.63) is 17.0 Å². The van der Waals surface area contributed by atoms with E-state index in [0.29, 0.717) is 18.9 Å². The third kappa shape index (κ3) is 3.35. The van der Waals surface area contributed by atoms with E-state index in [1.165, 1.54) is 0 Å². The van der Waals surface area contributed by atoms with Crippen molar-refractivity contribution in [1.29, 1.82) is 0 Å². The Morgan fingerprint density at radius 2 is 2.29 bits per heavy atom. The molecule has 1 aliphatic heterocycles. The number of hydrogen-bond donors (Lipinski definition) is 0. The minimum absolute atomic E-state index is 0.0689. The van der Waals surface area contributed by atoms with Gasteiger partial charge in [-0.1, -0.05) is 6.92 Å². The van der Waals surface area contributed by atoms with Crippen LogP contribution in [0.25, 0.3) is 0 Å². The van der Waals surface area contributed by atoms with E-state index in [4.69, 9.17) is 14.2 Å². The van der Waals surface area contributed by atoms with Crippen molar-refractivity contribution < 1.29 is 19.0 Å². The van der Waals surface area contributed by atoms with Crippen LogP contribution >= 0.6 is 0 Å². The van der Waals surface area contributed by atoms with Crippen LogP contribution in [0.2, 0.25) is 0 Å². The molecule has 0 N–H and O–H groups in total. The molecule has 1 aliphatic carbocycles. The molecule has 1 aromatic heterocycles. The molecule has 6 heteroatoms. The Balaban J connectivity index is 1.97. The van der Waals surface area contributed by atoms with Crippen LogP contribution in [0, 0.1) is 5.41 Å². The number of esters is 1. The zero-order valence-corrected chi connectivity index (χ0v) is 15.0. The highest BCUT2D eigenvalue weighted by molar-refractivity contribution is 5.89. The zero-order valence-electron chi connectivity index (χ0n) is 15.0. The Hall–Kier alpha value is -1.40. The molecule has 0 saturated carbocycles. The molecule has 0 amide bonds. The summed E-state index contributed by atoms with van der Waals surface area (Å²) in [6.45, 7) is 5.88. The maximum atomic E-state index is 12.3. The molecule has 1 saturated heterocycles. The number of ether oxygens (including phenoxy) is 3. The van der Waals surface area contributed by atoms with Crippen LogP contribution in [0.1, 0.15) is 67.5 Å². The largest absolute Gasteiger partial charge is 0.461 e. The average Bonchev–Trinajstić information content (AvgIpc) is 2.94. The summed E-state index contributed by atoms with van der Waals surface area (Å²) in [6, 6.07) is 0. The number of rotatable bonds is 5. The predicted molar refractivity (Wildman–Crippen MR) is 89.0 cm³/mol. The number of nitrogens with zero attached hydrogens (tertiary/aromatic N) is 2. The summed E-state index contributed by atoms with van der Waals surface area (Å²) in [5.41, 5.74) is 2.70. The van der Waals surface area contributed by atoms with E-state index in [9.17, 15) is 4.79 Å². The van der Waals surface area contributed by atoms with Gasteiger partial charge in [0.15, 0.2) is 5.69 Å². The molecule has 0 spiro atoms. The molecular formula is C18H28N2O4. The van der Waals surface area contributed by atoms with Crippen LogP contribution in [0.4, 0.5) is 0 Å². The Morgan fingerprint density at radius 3 is 2.96 bits per heavy atom. The number of aromatic nitrogens is 2.